The zero-order valence-electron chi connectivity index (χ0n) is 19.2. The van der Waals surface area contributed by atoms with Gasteiger partial charge in [-0.05, 0) is 41.0 Å². The Morgan fingerprint density at radius 3 is 2.69 bits per heavy atom. The first-order valence-electron chi connectivity index (χ1n) is 10.9. The number of sulfonamides is 1. The zero-order valence-corrected chi connectivity index (χ0v) is 20.8. The number of fused-ring (bicyclic) bond motifs is 3. The fraction of sp³-hybridized carbons (Fsp3) is 0.231. The highest BCUT2D eigenvalue weighted by atomic mass is 35.5. The summed E-state index contributed by atoms with van der Waals surface area (Å²) in [5, 5.41) is 5.87. The number of methoxy groups -OCH3 is 1. The van der Waals surface area contributed by atoms with Gasteiger partial charge in [-0.3, -0.25) is 0 Å². The highest BCUT2D eigenvalue weighted by molar-refractivity contribution is 7.88. The van der Waals surface area contributed by atoms with Gasteiger partial charge >= 0.3 is 0 Å². The van der Waals surface area contributed by atoms with Crippen molar-refractivity contribution in [2.75, 3.05) is 26.9 Å². The van der Waals surface area contributed by atoms with Gasteiger partial charge in [-0.15, -0.1) is 6.58 Å². The minimum Gasteiger partial charge on any atom is -0.492 e. The maximum Gasteiger partial charge on any atom is 0.213 e. The van der Waals surface area contributed by atoms with Crippen LogP contribution in [0.5, 0.6) is 17.2 Å². The van der Waals surface area contributed by atoms with Crippen molar-refractivity contribution in [2.24, 2.45) is 5.14 Å². The van der Waals surface area contributed by atoms with E-state index in [9.17, 15) is 8.42 Å². The topological polar surface area (TPSA) is 97.1 Å². The molecule has 35 heavy (non-hydrogen) atoms. The molecule has 4 rings (SSSR count). The van der Waals surface area contributed by atoms with E-state index in [2.05, 4.69) is 6.58 Å². The van der Waals surface area contributed by atoms with Crippen LogP contribution < -0.4 is 19.3 Å². The third-order valence-electron chi connectivity index (χ3n) is 5.44. The first-order chi connectivity index (χ1) is 16.8. The number of nitrogens with two attached hydrogens (primary N) is 1. The quantitative estimate of drug-likeness (QED) is 0.306. The van der Waals surface area contributed by atoms with Crippen molar-refractivity contribution < 1.29 is 27.4 Å². The van der Waals surface area contributed by atoms with E-state index in [1.807, 2.05) is 30.3 Å². The Balaban J connectivity index is 1.80. The lowest BCUT2D eigenvalue weighted by molar-refractivity contribution is 0.119. The van der Waals surface area contributed by atoms with Gasteiger partial charge < -0.3 is 18.9 Å². The lowest BCUT2D eigenvalue weighted by Crippen LogP contribution is -2.18. The smallest absolute Gasteiger partial charge is 0.213 e. The Kier molecular flexibility index (Phi) is 7.66. The van der Waals surface area contributed by atoms with Crippen LogP contribution in [0.1, 0.15) is 22.8 Å². The Morgan fingerprint density at radius 1 is 1.14 bits per heavy atom. The van der Waals surface area contributed by atoms with Crippen molar-refractivity contribution in [3.63, 3.8) is 0 Å². The highest BCUT2D eigenvalue weighted by Gasteiger charge is 2.32. The largest absolute Gasteiger partial charge is 0.492 e. The predicted molar refractivity (Wildman–Crippen MR) is 136 cm³/mol. The number of hydrogen-bond donors (Lipinski definition) is 1. The molecular formula is C26H26ClNO6S. The van der Waals surface area contributed by atoms with Gasteiger partial charge in [0.05, 0.1) is 31.6 Å². The Morgan fingerprint density at radius 2 is 1.97 bits per heavy atom. The summed E-state index contributed by atoms with van der Waals surface area (Å²) >= 11 is 6.25. The number of benzene rings is 3. The SMILES string of the molecule is C=CCOCCOc1ccc2c(c1OC)-c1ccc(CS(N)(=O)=O)cc1C(c1cccc(Cl)c1)O2. The second kappa shape index (κ2) is 10.7. The van der Waals surface area contributed by atoms with E-state index in [4.69, 9.17) is 35.7 Å². The van der Waals surface area contributed by atoms with E-state index >= 15 is 0 Å². The summed E-state index contributed by atoms with van der Waals surface area (Å²) in [5.74, 6) is 1.36. The van der Waals surface area contributed by atoms with Crippen molar-refractivity contribution in [2.45, 2.75) is 11.9 Å². The molecule has 0 fully saturated rings. The van der Waals surface area contributed by atoms with Crippen LogP contribution in [0.25, 0.3) is 11.1 Å². The van der Waals surface area contributed by atoms with Gasteiger partial charge in [-0.25, -0.2) is 13.6 Å². The number of ether oxygens (including phenoxy) is 4. The summed E-state index contributed by atoms with van der Waals surface area (Å²) < 4.78 is 47.0. The molecule has 0 spiro atoms. The van der Waals surface area contributed by atoms with Crippen molar-refractivity contribution >= 4 is 21.6 Å². The van der Waals surface area contributed by atoms with Crippen LogP contribution >= 0.6 is 11.6 Å². The predicted octanol–water partition coefficient (Wildman–Crippen LogP) is 4.87. The van der Waals surface area contributed by atoms with Crippen LogP contribution in [-0.4, -0.2) is 35.3 Å². The molecule has 1 heterocycles. The number of halogens is 1. The van der Waals surface area contributed by atoms with E-state index < -0.39 is 16.1 Å². The van der Waals surface area contributed by atoms with Crippen molar-refractivity contribution in [3.8, 4) is 28.4 Å². The van der Waals surface area contributed by atoms with Crippen molar-refractivity contribution in [1.82, 2.24) is 0 Å². The van der Waals surface area contributed by atoms with Crippen LogP contribution in [0, 0.1) is 0 Å². The molecule has 3 aromatic rings. The number of primary sulfonamides is 1. The van der Waals surface area contributed by atoms with Gasteiger partial charge in [0.15, 0.2) is 11.5 Å². The lowest BCUT2D eigenvalue weighted by atomic mass is 9.88. The molecule has 9 heteroatoms. The van der Waals surface area contributed by atoms with E-state index in [0.29, 0.717) is 53.2 Å². The maximum atomic E-state index is 11.8. The van der Waals surface area contributed by atoms with Crippen LogP contribution in [0.4, 0.5) is 0 Å². The highest BCUT2D eigenvalue weighted by Crippen LogP contribution is 2.52. The number of rotatable bonds is 10. The van der Waals surface area contributed by atoms with E-state index in [1.54, 1.807) is 37.5 Å². The Labute approximate surface area is 210 Å². The Bertz CT molecular complexity index is 1340. The fourth-order valence-corrected chi connectivity index (χ4v) is 4.92. The monoisotopic (exact) mass is 515 g/mol. The van der Waals surface area contributed by atoms with Gasteiger partial charge in [-0.2, -0.15) is 0 Å². The minimum atomic E-state index is -3.71. The zero-order chi connectivity index (χ0) is 25.0. The van der Waals surface area contributed by atoms with Crippen molar-refractivity contribution in [3.05, 3.63) is 89.0 Å². The van der Waals surface area contributed by atoms with Crippen LogP contribution in [0.15, 0.2) is 67.3 Å². The lowest BCUT2D eigenvalue weighted by Gasteiger charge is -2.31. The number of hydrogen-bond acceptors (Lipinski definition) is 6. The molecule has 184 valence electrons. The van der Waals surface area contributed by atoms with Crippen LogP contribution in [0.3, 0.4) is 0 Å². The first-order valence-corrected chi connectivity index (χ1v) is 13.0. The molecule has 1 unspecified atom stereocenters. The molecule has 1 atom stereocenters. The molecule has 0 aliphatic carbocycles. The van der Waals surface area contributed by atoms with Gasteiger partial charge in [0.1, 0.15) is 18.5 Å². The van der Waals surface area contributed by atoms with E-state index in [-0.39, 0.29) is 5.75 Å². The van der Waals surface area contributed by atoms with Gasteiger partial charge in [-0.1, -0.05) is 48.0 Å². The molecule has 0 amide bonds. The molecular weight excluding hydrogens is 490 g/mol. The minimum absolute atomic E-state index is 0.291. The summed E-state index contributed by atoms with van der Waals surface area (Å²) in [6, 6.07) is 16.4. The summed E-state index contributed by atoms with van der Waals surface area (Å²) in [7, 11) is -2.15. The van der Waals surface area contributed by atoms with Gasteiger partial charge in [0.2, 0.25) is 10.0 Å². The summed E-state index contributed by atoms with van der Waals surface area (Å²) in [6.07, 6.45) is 1.16. The molecule has 0 saturated heterocycles. The molecule has 0 radical (unpaired) electrons. The normalized spacial score (nSPS) is 14.4. The van der Waals surface area contributed by atoms with Gasteiger partial charge in [0, 0.05) is 10.6 Å². The third kappa shape index (κ3) is 5.79. The third-order valence-corrected chi connectivity index (χ3v) is 6.41. The first kappa shape index (κ1) is 25.1. The molecule has 1 aliphatic rings. The van der Waals surface area contributed by atoms with Crippen molar-refractivity contribution in [1.29, 1.82) is 0 Å². The van der Waals surface area contributed by atoms with E-state index in [1.165, 1.54) is 0 Å². The summed E-state index contributed by atoms with van der Waals surface area (Å²) in [4.78, 5) is 0. The maximum absolute atomic E-state index is 11.8. The van der Waals surface area contributed by atoms with Crippen LogP contribution in [0.2, 0.25) is 5.02 Å². The molecule has 0 bridgehead atoms. The molecule has 2 N–H and O–H groups in total. The standard InChI is InChI=1S/C26H26ClNO6S/c1-3-11-32-12-13-33-23-10-9-22-24(26(23)31-2)20-8-7-17(16-35(28,29)30)14-21(20)25(34-22)18-5-4-6-19(27)15-18/h3-10,14-15,25H,1,11-13,16H2,2H3,(H2,28,29,30). The average Bonchev–Trinajstić information content (AvgIpc) is 2.82. The molecule has 7 nitrogen and oxygen atoms in total. The Hall–Kier alpha value is -3.04. The molecule has 1 aliphatic heterocycles. The fourth-order valence-electron chi connectivity index (χ4n) is 4.08. The van der Waals surface area contributed by atoms with Crippen LogP contribution in [-0.2, 0) is 20.5 Å². The van der Waals surface area contributed by atoms with Gasteiger partial charge in [0.25, 0.3) is 0 Å². The molecule has 3 aromatic carbocycles. The molecule has 0 aromatic heterocycles. The average molecular weight is 516 g/mol. The van der Waals surface area contributed by atoms with E-state index in [0.717, 1.165) is 16.7 Å². The summed E-state index contributed by atoms with van der Waals surface area (Å²) in [5.41, 5.74) is 3.70. The second-order valence-electron chi connectivity index (χ2n) is 7.96. The molecule has 0 saturated carbocycles. The second-order valence-corrected chi connectivity index (χ2v) is 10.0. The summed E-state index contributed by atoms with van der Waals surface area (Å²) in [6.45, 7) is 4.79.